The molecule has 108 valence electrons. The first-order valence-corrected chi connectivity index (χ1v) is 6.97. The number of ether oxygens (including phenoxy) is 1. The predicted molar refractivity (Wildman–Crippen MR) is 75.8 cm³/mol. The smallest absolute Gasteiger partial charge is 0.341 e. The van der Waals surface area contributed by atoms with Crippen LogP contribution >= 0.6 is 0 Å². The van der Waals surface area contributed by atoms with Gasteiger partial charge in [0.1, 0.15) is 5.57 Å². The van der Waals surface area contributed by atoms with Crippen LogP contribution in [0.1, 0.15) is 40.5 Å². The van der Waals surface area contributed by atoms with E-state index in [0.717, 1.165) is 25.9 Å². The zero-order valence-corrected chi connectivity index (χ0v) is 12.5. The van der Waals surface area contributed by atoms with Gasteiger partial charge in [-0.05, 0) is 38.8 Å². The normalized spacial score (nSPS) is 12.2. The van der Waals surface area contributed by atoms with Gasteiger partial charge in [-0.2, -0.15) is 0 Å². The first kappa shape index (κ1) is 17.6. The maximum atomic E-state index is 11.6. The number of carbonyl (C=O) groups excluding carboxylic acids is 2. The summed E-state index contributed by atoms with van der Waals surface area (Å²) in [5.41, 5.74) is 0.102. The fourth-order valence-electron chi connectivity index (χ4n) is 1.75. The van der Waals surface area contributed by atoms with E-state index in [4.69, 9.17) is 4.74 Å². The molecule has 0 aliphatic heterocycles. The van der Waals surface area contributed by atoms with Gasteiger partial charge in [-0.3, -0.25) is 4.79 Å². The third-order valence-electron chi connectivity index (χ3n) is 2.61. The van der Waals surface area contributed by atoms with Crippen LogP contribution in [0.5, 0.6) is 0 Å². The zero-order chi connectivity index (χ0) is 14.7. The van der Waals surface area contributed by atoms with Gasteiger partial charge in [0, 0.05) is 0 Å². The van der Waals surface area contributed by atoms with E-state index >= 15 is 0 Å². The lowest BCUT2D eigenvalue weighted by molar-refractivity contribution is -0.847. The Morgan fingerprint density at radius 1 is 1.11 bits per heavy atom. The van der Waals surface area contributed by atoms with Crippen molar-refractivity contribution in [3.8, 4) is 0 Å². The topological polar surface area (TPSA) is 47.8 Å². The summed E-state index contributed by atoms with van der Waals surface area (Å²) in [6.07, 6.45) is 7.51. The highest BCUT2D eigenvalue weighted by Gasteiger charge is 2.14. The fraction of sp³-hybridized carbons (Fsp3) is 0.600. The monoisotopic (exact) mass is 268 g/mol. The second-order valence-corrected chi connectivity index (χ2v) is 4.37. The molecule has 0 spiro atoms. The molecule has 0 atom stereocenters. The number of rotatable bonds is 9. The van der Waals surface area contributed by atoms with E-state index < -0.39 is 5.97 Å². The molecule has 19 heavy (non-hydrogen) atoms. The summed E-state index contributed by atoms with van der Waals surface area (Å²) < 4.78 is 4.85. The number of Topliss-reactive ketones (excluding diaryl/α,β-unsaturated/α-hetero) is 1. The van der Waals surface area contributed by atoms with E-state index in [2.05, 4.69) is 13.8 Å². The van der Waals surface area contributed by atoms with Gasteiger partial charge in [0.2, 0.25) is 0 Å². The molecule has 0 radical (unpaired) electrons. The molecule has 0 unspecified atom stereocenters. The molecule has 1 N–H and O–H groups in total. The van der Waals surface area contributed by atoms with Gasteiger partial charge >= 0.3 is 5.97 Å². The van der Waals surface area contributed by atoms with E-state index in [1.807, 2.05) is 6.20 Å². The van der Waals surface area contributed by atoms with Crippen LogP contribution in [-0.2, 0) is 14.3 Å². The Balaban J connectivity index is 4.75. The van der Waals surface area contributed by atoms with Crippen LogP contribution in [-0.4, -0.2) is 31.4 Å². The molecule has 0 amide bonds. The molecule has 4 heteroatoms. The highest BCUT2D eigenvalue weighted by atomic mass is 16.5. The van der Waals surface area contributed by atoms with Crippen molar-refractivity contribution in [3.05, 3.63) is 23.9 Å². The van der Waals surface area contributed by atoms with Crippen molar-refractivity contribution < 1.29 is 19.2 Å². The van der Waals surface area contributed by atoms with Crippen molar-refractivity contribution in [2.45, 2.75) is 40.5 Å². The molecule has 0 aliphatic carbocycles. The molecule has 0 heterocycles. The van der Waals surface area contributed by atoms with E-state index in [1.165, 1.54) is 11.8 Å². The lowest BCUT2D eigenvalue weighted by atomic mass is 10.2. The molecule has 0 fully saturated rings. The number of nitrogens with one attached hydrogen (secondary N) is 1. The zero-order valence-electron chi connectivity index (χ0n) is 12.5. The molecule has 0 aromatic carbocycles. The van der Waals surface area contributed by atoms with Crippen LogP contribution < -0.4 is 4.90 Å². The predicted octanol–water partition coefficient (Wildman–Crippen LogP) is 1.28. The van der Waals surface area contributed by atoms with E-state index in [9.17, 15) is 9.59 Å². The average Bonchev–Trinajstić information content (AvgIpc) is 2.34. The Kier molecular flexibility index (Phi) is 9.71. The minimum absolute atomic E-state index is 0.102. The SMILES string of the molecule is CCC[NH+](/C=C/C=C(\C(C)=O)C(=O)OCC)CCC. The van der Waals surface area contributed by atoms with Gasteiger partial charge in [-0.1, -0.05) is 13.8 Å². The van der Waals surface area contributed by atoms with Crippen LogP contribution in [0.25, 0.3) is 0 Å². The van der Waals surface area contributed by atoms with E-state index in [1.54, 1.807) is 19.1 Å². The van der Waals surface area contributed by atoms with Crippen LogP contribution in [0.15, 0.2) is 23.9 Å². The summed E-state index contributed by atoms with van der Waals surface area (Å²) in [4.78, 5) is 24.3. The third-order valence-corrected chi connectivity index (χ3v) is 2.61. The van der Waals surface area contributed by atoms with Crippen molar-refractivity contribution >= 4 is 11.8 Å². The molecule has 0 saturated carbocycles. The summed E-state index contributed by atoms with van der Waals surface area (Å²) in [5, 5.41) is 0. The summed E-state index contributed by atoms with van der Waals surface area (Å²) in [6.45, 7) is 9.74. The quantitative estimate of drug-likeness (QED) is 0.225. The number of hydrogen-bond donors (Lipinski definition) is 1. The standard InChI is InChI=1S/C15H25NO3/c1-5-10-16(11-6-2)12-8-9-14(13(4)17)15(18)19-7-3/h8-9,12H,5-7,10-11H2,1-4H3/p+1/b12-8+,14-9+. The van der Waals surface area contributed by atoms with Crippen LogP contribution in [0, 0.1) is 0 Å². The Morgan fingerprint density at radius 2 is 1.68 bits per heavy atom. The maximum absolute atomic E-state index is 11.6. The lowest BCUT2D eigenvalue weighted by Gasteiger charge is -2.11. The molecule has 0 bridgehead atoms. The van der Waals surface area contributed by atoms with Crippen LogP contribution in [0.3, 0.4) is 0 Å². The molecular weight excluding hydrogens is 242 g/mol. The van der Waals surface area contributed by atoms with Gasteiger partial charge in [0.25, 0.3) is 0 Å². The van der Waals surface area contributed by atoms with Crippen molar-refractivity contribution in [3.63, 3.8) is 0 Å². The fourth-order valence-corrected chi connectivity index (χ4v) is 1.75. The lowest BCUT2D eigenvalue weighted by Crippen LogP contribution is -3.07. The summed E-state index contributed by atoms with van der Waals surface area (Å²) >= 11 is 0. The molecule has 0 saturated heterocycles. The first-order valence-electron chi connectivity index (χ1n) is 6.97. The Hall–Kier alpha value is -1.42. The molecule has 0 aromatic heterocycles. The number of hydrogen-bond acceptors (Lipinski definition) is 3. The largest absolute Gasteiger partial charge is 0.462 e. The van der Waals surface area contributed by atoms with Gasteiger partial charge in [0.05, 0.1) is 25.9 Å². The van der Waals surface area contributed by atoms with Crippen molar-refractivity contribution in [1.29, 1.82) is 0 Å². The molecule has 4 nitrogen and oxygen atoms in total. The molecule has 0 aromatic rings. The number of allylic oxidation sites excluding steroid dienone is 2. The van der Waals surface area contributed by atoms with Crippen molar-refractivity contribution in [2.75, 3.05) is 19.7 Å². The van der Waals surface area contributed by atoms with Gasteiger partial charge < -0.3 is 9.64 Å². The maximum Gasteiger partial charge on any atom is 0.341 e. The number of esters is 1. The second kappa shape index (κ2) is 10.5. The molecule has 0 rings (SSSR count). The van der Waals surface area contributed by atoms with Crippen LogP contribution in [0.2, 0.25) is 0 Å². The van der Waals surface area contributed by atoms with Gasteiger partial charge in [-0.15, -0.1) is 0 Å². The number of carbonyl (C=O) groups is 2. The Labute approximate surface area is 116 Å². The Morgan fingerprint density at radius 3 is 2.11 bits per heavy atom. The first-order chi connectivity index (χ1) is 9.06. The minimum Gasteiger partial charge on any atom is -0.462 e. The second-order valence-electron chi connectivity index (χ2n) is 4.37. The van der Waals surface area contributed by atoms with Gasteiger partial charge in [0.15, 0.2) is 5.78 Å². The number of ketones is 1. The highest BCUT2D eigenvalue weighted by Crippen LogP contribution is 2.00. The average molecular weight is 268 g/mol. The third kappa shape index (κ3) is 7.57. The summed E-state index contributed by atoms with van der Waals surface area (Å²) in [7, 11) is 0. The molecular formula is C15H26NO3+. The van der Waals surface area contributed by atoms with Crippen LogP contribution in [0.4, 0.5) is 0 Å². The highest BCUT2D eigenvalue weighted by molar-refractivity contribution is 6.16. The summed E-state index contributed by atoms with van der Waals surface area (Å²) in [6, 6.07) is 0. The van der Waals surface area contributed by atoms with E-state index in [0.29, 0.717) is 0 Å². The van der Waals surface area contributed by atoms with Crippen molar-refractivity contribution in [2.24, 2.45) is 0 Å². The van der Waals surface area contributed by atoms with E-state index in [-0.39, 0.29) is 18.0 Å². The molecule has 0 aliphatic rings. The number of quaternary nitrogens is 1. The minimum atomic E-state index is -0.549. The van der Waals surface area contributed by atoms with Crippen molar-refractivity contribution in [1.82, 2.24) is 0 Å². The summed E-state index contributed by atoms with van der Waals surface area (Å²) in [5.74, 6) is -0.817. The van der Waals surface area contributed by atoms with Gasteiger partial charge in [-0.25, -0.2) is 4.79 Å². The Bertz CT molecular complexity index is 339.